The van der Waals surface area contributed by atoms with E-state index in [1.165, 1.54) is 0 Å². The zero-order valence-corrected chi connectivity index (χ0v) is 7.57. The Morgan fingerprint density at radius 3 is 1.90 bits per heavy atom. The van der Waals surface area contributed by atoms with Gasteiger partial charge in [-0.25, -0.2) is 0 Å². The van der Waals surface area contributed by atoms with Crippen molar-refractivity contribution in [2.24, 2.45) is 0 Å². The quantitative estimate of drug-likeness (QED) is 0.661. The maximum atomic E-state index is 8.23. The minimum absolute atomic E-state index is 0.319. The summed E-state index contributed by atoms with van der Waals surface area (Å²) in [6, 6.07) is 0. The third-order valence-electron chi connectivity index (χ3n) is 0.571. The Bertz CT molecular complexity index is 49.0. The number of rotatable bonds is 3. The smallest absolute Gasteiger partial charge is 0.129 e. The fourth-order valence-corrected chi connectivity index (χ4v) is 0.518. The zero-order chi connectivity index (χ0) is 8.41. The van der Waals surface area contributed by atoms with Gasteiger partial charge in [-0.15, -0.1) is 11.6 Å². The second-order valence-corrected chi connectivity index (χ2v) is 2.52. The first-order valence-electron chi connectivity index (χ1n) is 3.18. The second-order valence-electron chi connectivity index (χ2n) is 1.64. The van der Waals surface area contributed by atoms with E-state index in [1.807, 2.05) is 6.92 Å². The van der Waals surface area contributed by atoms with Crippen LogP contribution in [0.4, 0.5) is 0 Å². The monoisotopic (exact) mass is 188 g/mol. The minimum Gasteiger partial charge on any atom is -0.396 e. The molecule has 0 aliphatic heterocycles. The topological polar surface area (TPSA) is 40.5 Å². The second kappa shape index (κ2) is 12.2. The van der Waals surface area contributed by atoms with Gasteiger partial charge in [0.05, 0.1) is 0 Å². The highest BCUT2D eigenvalue weighted by Crippen LogP contribution is 1.96. The van der Waals surface area contributed by atoms with E-state index in [-0.39, 0.29) is 0 Å². The van der Waals surface area contributed by atoms with Crippen LogP contribution in [0.3, 0.4) is 0 Å². The molecule has 0 rings (SSSR count). The van der Waals surface area contributed by atoms with Crippen LogP contribution in [0.2, 0.25) is 0 Å². The van der Waals surface area contributed by atoms with Crippen molar-refractivity contribution in [2.45, 2.75) is 25.3 Å². The van der Waals surface area contributed by atoms with Crippen LogP contribution in [0.5, 0.6) is 0 Å². The predicted molar refractivity (Wildman–Crippen MR) is 44.6 cm³/mol. The molecule has 0 radical (unpaired) electrons. The standard InChI is InChI=1S/C3H6Cl2O.C3H8O/c4-2-1-3(5)6;1-2-3-4/h3,6H,1-2H2;4H,2-3H2,1H3. The molecule has 0 spiro atoms. The largest absolute Gasteiger partial charge is 0.396 e. The summed E-state index contributed by atoms with van der Waals surface area (Å²) in [4.78, 5) is 0. The van der Waals surface area contributed by atoms with Crippen molar-refractivity contribution in [3.05, 3.63) is 0 Å². The molecule has 0 bridgehead atoms. The Morgan fingerprint density at radius 1 is 1.50 bits per heavy atom. The summed E-state index contributed by atoms with van der Waals surface area (Å²) in [6.45, 7) is 2.25. The lowest BCUT2D eigenvalue weighted by molar-refractivity contribution is 0.253. The number of halogens is 2. The summed E-state index contributed by atoms with van der Waals surface area (Å²) in [6.07, 6.45) is 1.34. The average Bonchev–Trinajstić information content (AvgIpc) is 1.89. The Morgan fingerprint density at radius 2 is 1.90 bits per heavy atom. The van der Waals surface area contributed by atoms with Gasteiger partial charge in [-0.3, -0.25) is 0 Å². The van der Waals surface area contributed by atoms with Gasteiger partial charge in [-0.1, -0.05) is 18.5 Å². The Balaban J connectivity index is 0. The number of alkyl halides is 2. The Kier molecular flexibility index (Phi) is 16.0. The third kappa shape index (κ3) is 23.6. The molecule has 64 valence electrons. The van der Waals surface area contributed by atoms with Crippen molar-refractivity contribution >= 4 is 23.2 Å². The summed E-state index contributed by atoms with van der Waals surface area (Å²) in [5.41, 5.74) is -0.762. The van der Waals surface area contributed by atoms with Crippen molar-refractivity contribution < 1.29 is 10.2 Å². The lowest BCUT2D eigenvalue weighted by atomic mass is 10.5. The van der Waals surface area contributed by atoms with E-state index in [0.29, 0.717) is 18.9 Å². The molecule has 0 aliphatic rings. The minimum atomic E-state index is -0.762. The molecule has 0 aromatic carbocycles. The van der Waals surface area contributed by atoms with Gasteiger partial charge in [0.25, 0.3) is 0 Å². The molecule has 2 nitrogen and oxygen atoms in total. The van der Waals surface area contributed by atoms with Gasteiger partial charge in [0.2, 0.25) is 0 Å². The Hall–Kier alpha value is 0.500. The average molecular weight is 189 g/mol. The van der Waals surface area contributed by atoms with Crippen LogP contribution in [-0.2, 0) is 0 Å². The molecule has 10 heavy (non-hydrogen) atoms. The SMILES string of the molecule is CCCO.OC(Cl)CCCl. The molecule has 0 saturated heterocycles. The molecular formula is C6H14Cl2O2. The number of aliphatic hydroxyl groups excluding tert-OH is 2. The molecule has 0 heterocycles. The summed E-state index contributed by atoms with van der Waals surface area (Å²) >= 11 is 10.2. The first-order chi connectivity index (χ1) is 4.68. The van der Waals surface area contributed by atoms with E-state index >= 15 is 0 Å². The van der Waals surface area contributed by atoms with Gasteiger partial charge in [-0.05, 0) is 6.42 Å². The van der Waals surface area contributed by atoms with Crippen LogP contribution in [0.1, 0.15) is 19.8 Å². The van der Waals surface area contributed by atoms with Crippen LogP contribution in [-0.4, -0.2) is 28.3 Å². The van der Waals surface area contributed by atoms with Crippen molar-refractivity contribution in [2.75, 3.05) is 12.5 Å². The van der Waals surface area contributed by atoms with E-state index in [2.05, 4.69) is 0 Å². The maximum absolute atomic E-state index is 8.23. The Labute approximate surface area is 71.8 Å². The van der Waals surface area contributed by atoms with Gasteiger partial charge >= 0.3 is 0 Å². The summed E-state index contributed by atoms with van der Waals surface area (Å²) < 4.78 is 0. The van der Waals surface area contributed by atoms with Crippen LogP contribution in [0, 0.1) is 0 Å². The summed E-state index contributed by atoms with van der Waals surface area (Å²) in [7, 11) is 0. The van der Waals surface area contributed by atoms with Crippen molar-refractivity contribution in [1.29, 1.82) is 0 Å². The van der Waals surface area contributed by atoms with Gasteiger partial charge in [0.1, 0.15) is 5.56 Å². The highest BCUT2D eigenvalue weighted by atomic mass is 35.5. The van der Waals surface area contributed by atoms with E-state index in [1.54, 1.807) is 0 Å². The van der Waals surface area contributed by atoms with Gasteiger partial charge in [0, 0.05) is 18.9 Å². The lowest BCUT2D eigenvalue weighted by Gasteiger charge is -1.91. The molecule has 1 atom stereocenters. The van der Waals surface area contributed by atoms with Crippen molar-refractivity contribution in [1.82, 2.24) is 0 Å². The van der Waals surface area contributed by atoms with Crippen molar-refractivity contribution in [3.63, 3.8) is 0 Å². The molecule has 0 amide bonds. The van der Waals surface area contributed by atoms with Gasteiger partial charge < -0.3 is 10.2 Å². The predicted octanol–water partition coefficient (Wildman–Crippen LogP) is 1.56. The number of hydrogen-bond acceptors (Lipinski definition) is 2. The zero-order valence-electron chi connectivity index (χ0n) is 6.06. The molecule has 0 saturated carbocycles. The molecule has 1 unspecified atom stereocenters. The molecule has 2 N–H and O–H groups in total. The van der Waals surface area contributed by atoms with Crippen LogP contribution in [0.15, 0.2) is 0 Å². The van der Waals surface area contributed by atoms with E-state index in [0.717, 1.165) is 6.42 Å². The van der Waals surface area contributed by atoms with Gasteiger partial charge in [0.15, 0.2) is 0 Å². The molecule has 4 heteroatoms. The molecule has 0 fully saturated rings. The molecular weight excluding hydrogens is 175 g/mol. The summed E-state index contributed by atoms with van der Waals surface area (Å²) in [5, 5.41) is 16.1. The van der Waals surface area contributed by atoms with Crippen molar-refractivity contribution in [3.8, 4) is 0 Å². The maximum Gasteiger partial charge on any atom is 0.129 e. The third-order valence-corrected chi connectivity index (χ3v) is 1.01. The highest BCUT2D eigenvalue weighted by Gasteiger charge is 1.91. The first kappa shape index (κ1) is 13.1. The number of aliphatic hydroxyl groups is 2. The number of hydrogen-bond donors (Lipinski definition) is 2. The van der Waals surface area contributed by atoms with Crippen LogP contribution in [0.25, 0.3) is 0 Å². The lowest BCUT2D eigenvalue weighted by Crippen LogP contribution is -1.94. The van der Waals surface area contributed by atoms with E-state index in [9.17, 15) is 0 Å². The van der Waals surface area contributed by atoms with Crippen LogP contribution >= 0.6 is 23.2 Å². The molecule has 0 aliphatic carbocycles. The van der Waals surface area contributed by atoms with Crippen LogP contribution < -0.4 is 0 Å². The molecule has 0 aromatic rings. The fraction of sp³-hybridized carbons (Fsp3) is 1.00. The molecule has 0 aromatic heterocycles. The van der Waals surface area contributed by atoms with E-state index < -0.39 is 5.56 Å². The fourth-order valence-electron chi connectivity index (χ4n) is 0.0900. The first-order valence-corrected chi connectivity index (χ1v) is 4.15. The van der Waals surface area contributed by atoms with E-state index in [4.69, 9.17) is 33.4 Å². The van der Waals surface area contributed by atoms with Gasteiger partial charge in [-0.2, -0.15) is 0 Å². The summed E-state index contributed by atoms with van der Waals surface area (Å²) in [5.74, 6) is 0.421. The normalized spacial score (nSPS) is 11.7. The highest BCUT2D eigenvalue weighted by molar-refractivity contribution is 6.21.